The van der Waals surface area contributed by atoms with Gasteiger partial charge >= 0.3 is 5.97 Å². The van der Waals surface area contributed by atoms with Crippen molar-refractivity contribution >= 4 is 11.9 Å². The molecule has 0 aromatic carbocycles. The standard InChI is InChI=1S/C74H145NO5/c1-3-5-7-9-11-13-15-17-19-20-21-22-26-29-32-35-39-42-46-50-54-58-62-66-72(77)71(70-76)75-73(78)67-63-59-55-51-47-43-40-36-33-30-27-24-23-25-28-31-34-37-41-45-49-53-57-61-65-69-80-74(79)68-64-60-56-52-48-44-38-18-16-14-12-10-8-6-4-2/h18,38,71-72,76-77H,3-17,19-37,39-70H2,1-2H3,(H,75,78)/b38-18-. The summed E-state index contributed by atoms with van der Waals surface area (Å²) in [4.78, 5) is 24.6. The van der Waals surface area contributed by atoms with Gasteiger partial charge in [-0.15, -0.1) is 0 Å². The fraction of sp³-hybridized carbons (Fsp3) is 0.946. The Bertz CT molecular complexity index is 1210. The van der Waals surface area contributed by atoms with E-state index < -0.39 is 12.1 Å². The Morgan fingerprint density at radius 2 is 0.588 bits per heavy atom. The molecule has 476 valence electrons. The highest BCUT2D eigenvalue weighted by molar-refractivity contribution is 5.76. The number of carbonyl (C=O) groups is 2. The first-order chi connectivity index (χ1) is 39.5. The predicted molar refractivity (Wildman–Crippen MR) is 352 cm³/mol. The van der Waals surface area contributed by atoms with Gasteiger partial charge in [0.15, 0.2) is 0 Å². The highest BCUT2D eigenvalue weighted by Gasteiger charge is 2.20. The highest BCUT2D eigenvalue weighted by atomic mass is 16.5. The predicted octanol–water partition coefficient (Wildman–Crippen LogP) is 23.9. The van der Waals surface area contributed by atoms with Crippen LogP contribution in [0.5, 0.6) is 0 Å². The molecular weight excluding hydrogens is 983 g/mol. The Morgan fingerprint density at radius 3 is 0.887 bits per heavy atom. The molecule has 80 heavy (non-hydrogen) atoms. The molecule has 0 bridgehead atoms. The molecule has 0 radical (unpaired) electrons. The molecule has 0 aliphatic heterocycles. The average molecular weight is 1130 g/mol. The zero-order valence-electron chi connectivity index (χ0n) is 54.6. The van der Waals surface area contributed by atoms with Gasteiger partial charge in [0.1, 0.15) is 0 Å². The van der Waals surface area contributed by atoms with Crippen LogP contribution in [0.15, 0.2) is 12.2 Å². The number of nitrogens with one attached hydrogen (secondary N) is 1. The summed E-state index contributed by atoms with van der Waals surface area (Å²) < 4.78 is 5.49. The van der Waals surface area contributed by atoms with E-state index in [2.05, 4.69) is 31.3 Å². The quantitative estimate of drug-likeness (QED) is 0.0320. The van der Waals surface area contributed by atoms with Crippen LogP contribution in [0, 0.1) is 0 Å². The fourth-order valence-corrected chi connectivity index (χ4v) is 11.9. The smallest absolute Gasteiger partial charge is 0.305 e. The number of rotatable bonds is 70. The third kappa shape index (κ3) is 65.7. The topological polar surface area (TPSA) is 95.9 Å². The van der Waals surface area contributed by atoms with E-state index in [1.807, 2.05) is 0 Å². The number of aliphatic hydroxyl groups is 2. The van der Waals surface area contributed by atoms with Crippen LogP contribution in [0.3, 0.4) is 0 Å². The molecule has 0 aliphatic rings. The molecule has 3 N–H and O–H groups in total. The lowest BCUT2D eigenvalue weighted by atomic mass is 10.0. The number of ether oxygens (including phenoxy) is 1. The van der Waals surface area contributed by atoms with Gasteiger partial charge in [-0.2, -0.15) is 0 Å². The van der Waals surface area contributed by atoms with Gasteiger partial charge in [0.05, 0.1) is 25.4 Å². The minimum absolute atomic E-state index is 0.00979. The van der Waals surface area contributed by atoms with Crippen molar-refractivity contribution in [2.75, 3.05) is 13.2 Å². The van der Waals surface area contributed by atoms with E-state index >= 15 is 0 Å². The maximum Gasteiger partial charge on any atom is 0.305 e. The van der Waals surface area contributed by atoms with Crippen molar-refractivity contribution in [3.63, 3.8) is 0 Å². The molecule has 0 aromatic rings. The lowest BCUT2D eigenvalue weighted by Crippen LogP contribution is -2.45. The lowest BCUT2D eigenvalue weighted by Gasteiger charge is -2.22. The lowest BCUT2D eigenvalue weighted by molar-refractivity contribution is -0.143. The van der Waals surface area contributed by atoms with E-state index in [1.165, 1.54) is 347 Å². The highest BCUT2D eigenvalue weighted by Crippen LogP contribution is 2.20. The van der Waals surface area contributed by atoms with Crippen LogP contribution in [-0.4, -0.2) is 47.4 Å². The number of allylic oxidation sites excluding steroid dienone is 2. The third-order valence-electron chi connectivity index (χ3n) is 17.6. The summed E-state index contributed by atoms with van der Waals surface area (Å²) in [6.45, 7) is 4.99. The van der Waals surface area contributed by atoms with E-state index in [1.54, 1.807) is 0 Å². The van der Waals surface area contributed by atoms with Gasteiger partial charge in [0, 0.05) is 12.8 Å². The Hall–Kier alpha value is -1.40. The maximum atomic E-state index is 12.6. The minimum atomic E-state index is -0.664. The van der Waals surface area contributed by atoms with Gasteiger partial charge in [0.2, 0.25) is 5.91 Å². The Kier molecular flexibility index (Phi) is 68.9. The molecule has 0 spiro atoms. The van der Waals surface area contributed by atoms with Gasteiger partial charge in [-0.05, 0) is 51.4 Å². The summed E-state index contributed by atoms with van der Waals surface area (Å²) in [6, 6.07) is -0.541. The molecule has 2 atom stereocenters. The van der Waals surface area contributed by atoms with Crippen LogP contribution in [0.1, 0.15) is 425 Å². The van der Waals surface area contributed by atoms with E-state index in [-0.39, 0.29) is 18.5 Å². The van der Waals surface area contributed by atoms with Crippen molar-refractivity contribution in [2.24, 2.45) is 0 Å². The Balaban J connectivity index is 3.36. The van der Waals surface area contributed by atoms with E-state index in [0.717, 1.165) is 44.9 Å². The monoisotopic (exact) mass is 1130 g/mol. The van der Waals surface area contributed by atoms with Crippen molar-refractivity contribution in [1.29, 1.82) is 0 Å². The fourth-order valence-electron chi connectivity index (χ4n) is 11.9. The molecular formula is C74H145NO5. The second-order valence-corrected chi connectivity index (χ2v) is 25.6. The number of esters is 1. The van der Waals surface area contributed by atoms with Crippen molar-refractivity contribution in [1.82, 2.24) is 5.32 Å². The number of hydrogen-bond donors (Lipinski definition) is 3. The molecule has 0 saturated heterocycles. The molecule has 0 rings (SSSR count). The number of amides is 1. The van der Waals surface area contributed by atoms with Crippen LogP contribution in [0.4, 0.5) is 0 Å². The molecule has 0 saturated carbocycles. The summed E-state index contributed by atoms with van der Waals surface area (Å²) in [6.07, 6.45) is 87.0. The number of aliphatic hydroxyl groups excluding tert-OH is 2. The van der Waals surface area contributed by atoms with Gasteiger partial charge in [0.25, 0.3) is 0 Å². The maximum absolute atomic E-state index is 12.6. The second kappa shape index (κ2) is 70.1. The molecule has 0 aromatic heterocycles. The van der Waals surface area contributed by atoms with E-state index in [0.29, 0.717) is 25.9 Å². The normalized spacial score (nSPS) is 12.5. The molecule has 6 heteroatoms. The number of carbonyl (C=O) groups excluding carboxylic acids is 2. The number of unbranched alkanes of at least 4 members (excludes halogenated alkanes) is 57. The van der Waals surface area contributed by atoms with Gasteiger partial charge in [-0.25, -0.2) is 0 Å². The van der Waals surface area contributed by atoms with Gasteiger partial charge < -0.3 is 20.3 Å². The van der Waals surface area contributed by atoms with Crippen LogP contribution in [0.25, 0.3) is 0 Å². The largest absolute Gasteiger partial charge is 0.466 e. The first kappa shape index (κ1) is 78.6. The summed E-state index contributed by atoms with van der Waals surface area (Å²) >= 11 is 0. The molecule has 0 aliphatic carbocycles. The summed E-state index contributed by atoms with van der Waals surface area (Å²) in [7, 11) is 0. The summed E-state index contributed by atoms with van der Waals surface area (Å²) in [5, 5.41) is 23.5. The van der Waals surface area contributed by atoms with Crippen LogP contribution in [-0.2, 0) is 14.3 Å². The molecule has 0 fully saturated rings. The average Bonchev–Trinajstić information content (AvgIpc) is 3.46. The van der Waals surface area contributed by atoms with Crippen molar-refractivity contribution in [2.45, 2.75) is 437 Å². The minimum Gasteiger partial charge on any atom is -0.466 e. The van der Waals surface area contributed by atoms with E-state index in [9.17, 15) is 19.8 Å². The Labute approximate surface area is 501 Å². The van der Waals surface area contributed by atoms with Crippen molar-refractivity contribution in [3.8, 4) is 0 Å². The van der Waals surface area contributed by atoms with Crippen LogP contribution in [0.2, 0.25) is 0 Å². The summed E-state index contributed by atoms with van der Waals surface area (Å²) in [5.41, 5.74) is 0. The Morgan fingerprint density at radius 1 is 0.338 bits per heavy atom. The molecule has 2 unspecified atom stereocenters. The zero-order chi connectivity index (χ0) is 57.8. The number of hydrogen-bond acceptors (Lipinski definition) is 5. The molecule has 0 heterocycles. The first-order valence-electron chi connectivity index (χ1n) is 36.9. The van der Waals surface area contributed by atoms with Gasteiger partial charge in [-0.1, -0.05) is 373 Å². The second-order valence-electron chi connectivity index (χ2n) is 25.6. The van der Waals surface area contributed by atoms with Crippen molar-refractivity contribution < 1.29 is 24.5 Å². The summed E-state index contributed by atoms with van der Waals surface area (Å²) in [5.74, 6) is -0.0180. The molecule has 6 nitrogen and oxygen atoms in total. The molecule has 1 amide bonds. The van der Waals surface area contributed by atoms with Crippen LogP contribution >= 0.6 is 0 Å². The zero-order valence-corrected chi connectivity index (χ0v) is 54.6. The first-order valence-corrected chi connectivity index (χ1v) is 36.9. The third-order valence-corrected chi connectivity index (χ3v) is 17.6. The van der Waals surface area contributed by atoms with Crippen molar-refractivity contribution in [3.05, 3.63) is 12.2 Å². The van der Waals surface area contributed by atoms with Gasteiger partial charge in [-0.3, -0.25) is 9.59 Å². The van der Waals surface area contributed by atoms with Crippen LogP contribution < -0.4 is 5.32 Å². The SMILES string of the molecule is CCCCCCCC/C=C\CCCCCCCC(=O)OCCCCCCCCCCCCCCCCCCCCCCCCCCCC(=O)NC(CO)C(O)CCCCCCCCCCCCCCCCCCCCCCCCC. The van der Waals surface area contributed by atoms with E-state index in [4.69, 9.17) is 4.74 Å².